The fourth-order valence-electron chi connectivity index (χ4n) is 1.93. The second-order valence-corrected chi connectivity index (χ2v) is 6.51. The summed E-state index contributed by atoms with van der Waals surface area (Å²) < 4.78 is 25.3. The largest absolute Gasteiger partial charge is 0.398 e. The molecular formula is C16H18FNOS. The van der Waals surface area contributed by atoms with E-state index in [0.717, 1.165) is 4.90 Å². The summed E-state index contributed by atoms with van der Waals surface area (Å²) in [4.78, 5) is 0.762. The number of anilines is 1. The molecule has 0 bridgehead atoms. The van der Waals surface area contributed by atoms with Crippen LogP contribution in [0.25, 0.3) is 0 Å². The topological polar surface area (TPSA) is 43.1 Å². The predicted octanol–water partition coefficient (Wildman–Crippen LogP) is 3.84. The van der Waals surface area contributed by atoms with Gasteiger partial charge in [0.2, 0.25) is 0 Å². The molecule has 0 saturated carbocycles. The Bertz CT molecular complexity index is 623. The van der Waals surface area contributed by atoms with E-state index in [1.807, 2.05) is 24.3 Å². The first-order chi connectivity index (χ1) is 9.47. The molecule has 1 atom stereocenters. The third-order valence-electron chi connectivity index (χ3n) is 3.20. The highest BCUT2D eigenvalue weighted by Gasteiger charge is 2.09. The van der Waals surface area contributed by atoms with E-state index in [2.05, 4.69) is 13.8 Å². The molecule has 2 N–H and O–H groups in total. The van der Waals surface area contributed by atoms with Gasteiger partial charge in [0.25, 0.3) is 0 Å². The summed E-state index contributed by atoms with van der Waals surface area (Å²) in [6.07, 6.45) is 0. The Kier molecular flexibility index (Phi) is 4.55. The molecule has 0 radical (unpaired) electrons. The fourth-order valence-corrected chi connectivity index (χ4v) is 3.08. The van der Waals surface area contributed by atoms with E-state index >= 15 is 0 Å². The zero-order chi connectivity index (χ0) is 14.7. The van der Waals surface area contributed by atoms with Crippen LogP contribution in [0.5, 0.6) is 0 Å². The molecule has 0 heterocycles. The van der Waals surface area contributed by atoms with Crippen LogP contribution in [0.3, 0.4) is 0 Å². The Balaban J connectivity index is 2.15. The molecule has 0 fully saturated rings. The van der Waals surface area contributed by atoms with Crippen LogP contribution in [0.15, 0.2) is 47.4 Å². The molecule has 0 aliphatic rings. The van der Waals surface area contributed by atoms with E-state index in [1.165, 1.54) is 17.7 Å². The molecule has 2 aromatic rings. The molecule has 106 valence electrons. The molecule has 2 nitrogen and oxygen atoms in total. The monoisotopic (exact) mass is 291 g/mol. The van der Waals surface area contributed by atoms with Gasteiger partial charge in [0.1, 0.15) is 5.82 Å². The van der Waals surface area contributed by atoms with Crippen molar-refractivity contribution in [3.8, 4) is 0 Å². The van der Waals surface area contributed by atoms with E-state index in [0.29, 0.717) is 22.9 Å². The molecule has 1 unspecified atom stereocenters. The van der Waals surface area contributed by atoms with Crippen molar-refractivity contribution in [1.82, 2.24) is 0 Å². The molecule has 20 heavy (non-hydrogen) atoms. The van der Waals surface area contributed by atoms with Gasteiger partial charge in [-0.1, -0.05) is 32.0 Å². The van der Waals surface area contributed by atoms with E-state index in [9.17, 15) is 8.60 Å². The van der Waals surface area contributed by atoms with Crippen molar-refractivity contribution in [3.63, 3.8) is 0 Å². The molecule has 0 aromatic heterocycles. The number of hydrogen-bond donors (Lipinski definition) is 1. The van der Waals surface area contributed by atoms with Crippen molar-refractivity contribution >= 4 is 16.5 Å². The highest BCUT2D eigenvalue weighted by atomic mass is 32.2. The third kappa shape index (κ3) is 3.45. The van der Waals surface area contributed by atoms with Gasteiger partial charge >= 0.3 is 0 Å². The number of rotatable bonds is 4. The summed E-state index contributed by atoms with van der Waals surface area (Å²) in [5.74, 6) is 0.371. The van der Waals surface area contributed by atoms with Crippen molar-refractivity contribution < 1.29 is 8.60 Å². The van der Waals surface area contributed by atoms with Gasteiger partial charge in [-0.2, -0.15) is 0 Å². The lowest BCUT2D eigenvalue weighted by Crippen LogP contribution is -2.01. The fraction of sp³-hybridized carbons (Fsp3) is 0.250. The average molecular weight is 291 g/mol. The van der Waals surface area contributed by atoms with Crippen molar-refractivity contribution in [2.45, 2.75) is 30.4 Å². The molecule has 2 rings (SSSR count). The predicted molar refractivity (Wildman–Crippen MR) is 81.5 cm³/mol. The van der Waals surface area contributed by atoms with E-state index in [1.54, 1.807) is 6.07 Å². The van der Waals surface area contributed by atoms with E-state index in [-0.39, 0.29) is 5.82 Å². The van der Waals surface area contributed by atoms with Crippen LogP contribution in [0.2, 0.25) is 0 Å². The van der Waals surface area contributed by atoms with Crippen molar-refractivity contribution in [2.24, 2.45) is 0 Å². The van der Waals surface area contributed by atoms with E-state index in [4.69, 9.17) is 5.73 Å². The Hall–Kier alpha value is -1.68. The second-order valence-electron chi connectivity index (χ2n) is 5.06. The third-order valence-corrected chi connectivity index (χ3v) is 4.58. The maximum absolute atomic E-state index is 13.0. The molecule has 2 aromatic carbocycles. The van der Waals surface area contributed by atoms with Crippen LogP contribution in [0, 0.1) is 5.82 Å². The van der Waals surface area contributed by atoms with Gasteiger partial charge in [-0.3, -0.25) is 4.21 Å². The maximum Gasteiger partial charge on any atom is 0.125 e. The maximum atomic E-state index is 13.0. The van der Waals surface area contributed by atoms with Gasteiger partial charge in [0.05, 0.1) is 16.6 Å². The lowest BCUT2D eigenvalue weighted by Gasteiger charge is -2.08. The van der Waals surface area contributed by atoms with Crippen LogP contribution in [-0.2, 0) is 16.6 Å². The Morgan fingerprint density at radius 3 is 2.35 bits per heavy atom. The van der Waals surface area contributed by atoms with Crippen LogP contribution in [-0.4, -0.2) is 4.21 Å². The minimum absolute atomic E-state index is 0.299. The molecule has 0 amide bonds. The first kappa shape index (κ1) is 14.7. The quantitative estimate of drug-likeness (QED) is 0.870. The van der Waals surface area contributed by atoms with Gasteiger partial charge in [-0.05, 0) is 41.3 Å². The smallest absolute Gasteiger partial charge is 0.125 e. The Morgan fingerprint density at radius 1 is 1.15 bits per heavy atom. The van der Waals surface area contributed by atoms with Crippen LogP contribution in [0.4, 0.5) is 10.1 Å². The average Bonchev–Trinajstić information content (AvgIpc) is 2.42. The molecular weight excluding hydrogens is 273 g/mol. The lowest BCUT2D eigenvalue weighted by atomic mass is 10.0. The van der Waals surface area contributed by atoms with Crippen LogP contribution < -0.4 is 5.73 Å². The van der Waals surface area contributed by atoms with Crippen molar-refractivity contribution in [2.75, 3.05) is 5.73 Å². The number of benzene rings is 2. The van der Waals surface area contributed by atoms with Crippen LogP contribution in [0.1, 0.15) is 30.9 Å². The Labute approximate surface area is 121 Å². The number of halogens is 1. The number of nitrogens with two attached hydrogens (primary N) is 1. The van der Waals surface area contributed by atoms with Crippen molar-refractivity contribution in [1.29, 1.82) is 0 Å². The molecule has 0 aliphatic heterocycles. The minimum atomic E-state index is -1.18. The zero-order valence-electron chi connectivity index (χ0n) is 11.6. The lowest BCUT2D eigenvalue weighted by molar-refractivity contribution is 0.628. The minimum Gasteiger partial charge on any atom is -0.398 e. The van der Waals surface area contributed by atoms with E-state index < -0.39 is 10.8 Å². The molecule has 0 saturated heterocycles. The summed E-state index contributed by atoms with van der Waals surface area (Å²) in [6, 6.07) is 11.9. The normalized spacial score (nSPS) is 12.6. The molecule has 4 heteroatoms. The standard InChI is InChI=1S/C16H18FNOS/c1-11(2)12-4-7-15(8-5-12)20(19)10-13-3-6-14(17)9-16(13)18/h3-9,11H,10,18H2,1-2H3. The highest BCUT2D eigenvalue weighted by Crippen LogP contribution is 2.21. The van der Waals surface area contributed by atoms with Crippen LogP contribution >= 0.6 is 0 Å². The molecule has 0 aliphatic carbocycles. The Morgan fingerprint density at radius 2 is 1.80 bits per heavy atom. The summed E-state index contributed by atoms with van der Waals surface area (Å²) >= 11 is 0. The zero-order valence-corrected chi connectivity index (χ0v) is 12.4. The van der Waals surface area contributed by atoms with Crippen molar-refractivity contribution in [3.05, 3.63) is 59.4 Å². The number of nitrogen functional groups attached to an aromatic ring is 1. The number of hydrogen-bond acceptors (Lipinski definition) is 2. The van der Waals surface area contributed by atoms with Gasteiger partial charge in [-0.15, -0.1) is 0 Å². The van der Waals surface area contributed by atoms with Gasteiger partial charge in [-0.25, -0.2) is 4.39 Å². The van der Waals surface area contributed by atoms with Gasteiger partial charge in [0, 0.05) is 10.6 Å². The molecule has 0 spiro atoms. The summed E-state index contributed by atoms with van der Waals surface area (Å²) in [6.45, 7) is 4.23. The second kappa shape index (κ2) is 6.18. The van der Waals surface area contributed by atoms with Gasteiger partial charge < -0.3 is 5.73 Å². The highest BCUT2D eigenvalue weighted by molar-refractivity contribution is 7.84. The summed E-state index contributed by atoms with van der Waals surface area (Å²) in [5, 5.41) is 0. The summed E-state index contributed by atoms with van der Waals surface area (Å²) in [7, 11) is -1.18. The first-order valence-corrected chi connectivity index (χ1v) is 7.81. The van der Waals surface area contributed by atoms with Gasteiger partial charge in [0.15, 0.2) is 0 Å². The first-order valence-electron chi connectivity index (χ1n) is 6.49. The summed E-state index contributed by atoms with van der Waals surface area (Å²) in [5.41, 5.74) is 8.00. The SMILES string of the molecule is CC(C)c1ccc(S(=O)Cc2ccc(F)cc2N)cc1.